The molecule has 0 aliphatic heterocycles. The molecule has 0 aliphatic rings. The van der Waals surface area contributed by atoms with E-state index < -0.39 is 16.5 Å². The van der Waals surface area contributed by atoms with Gasteiger partial charge in [0, 0.05) is 0 Å². The third-order valence-corrected chi connectivity index (χ3v) is 3.09. The average Bonchev–Trinajstić information content (AvgIpc) is 2.35. The largest absolute Gasteiger partial charge is 0.448 e. The van der Waals surface area contributed by atoms with Gasteiger partial charge in [-0.25, -0.2) is 9.59 Å². The minimum Gasteiger partial charge on any atom is -0.448 e. The lowest BCUT2D eigenvalue weighted by Crippen LogP contribution is -2.35. The van der Waals surface area contributed by atoms with Gasteiger partial charge in [0.25, 0.3) is 0 Å². The zero-order chi connectivity index (χ0) is 13.6. The van der Waals surface area contributed by atoms with Gasteiger partial charge in [-0.15, -0.1) is 0 Å². The van der Waals surface area contributed by atoms with E-state index in [1.165, 1.54) is 0 Å². The lowest BCUT2D eigenvalue weighted by Gasteiger charge is -2.26. The molecule has 0 aromatic heterocycles. The molecule has 0 heterocycles. The van der Waals surface area contributed by atoms with Crippen LogP contribution in [0.1, 0.15) is 5.56 Å². The molecule has 1 rings (SSSR count). The third kappa shape index (κ3) is 4.25. The van der Waals surface area contributed by atoms with Crippen molar-refractivity contribution in [2.75, 3.05) is 13.2 Å². The van der Waals surface area contributed by atoms with E-state index in [9.17, 15) is 9.59 Å². The SMILES string of the molecule is NC(=O)OCC(Br)(COC(N)=O)c1ccccc1. The van der Waals surface area contributed by atoms with E-state index in [4.69, 9.17) is 20.9 Å². The number of rotatable bonds is 5. The summed E-state index contributed by atoms with van der Waals surface area (Å²) in [5.41, 5.74) is 10.6. The van der Waals surface area contributed by atoms with Crippen LogP contribution in [0.4, 0.5) is 9.59 Å². The predicted octanol–water partition coefficient (Wildman–Crippen LogP) is 1.47. The lowest BCUT2D eigenvalue weighted by atomic mass is 10.0. The van der Waals surface area contributed by atoms with Gasteiger partial charge in [0.15, 0.2) is 0 Å². The highest BCUT2D eigenvalue weighted by Gasteiger charge is 2.32. The molecule has 0 bridgehead atoms. The molecule has 0 saturated heterocycles. The van der Waals surface area contributed by atoms with Crippen molar-refractivity contribution < 1.29 is 19.1 Å². The highest BCUT2D eigenvalue weighted by Crippen LogP contribution is 2.32. The van der Waals surface area contributed by atoms with Crippen LogP contribution in [0, 0.1) is 0 Å². The summed E-state index contributed by atoms with van der Waals surface area (Å²) < 4.78 is 8.63. The molecule has 0 aliphatic carbocycles. The summed E-state index contributed by atoms with van der Waals surface area (Å²) in [6, 6.07) is 9.04. The van der Waals surface area contributed by atoms with Crippen LogP contribution in [0.2, 0.25) is 0 Å². The molecule has 0 radical (unpaired) electrons. The zero-order valence-electron chi connectivity index (χ0n) is 9.47. The summed E-state index contributed by atoms with van der Waals surface area (Å²) in [4.78, 5) is 21.3. The van der Waals surface area contributed by atoms with Crippen LogP contribution >= 0.6 is 15.9 Å². The summed E-state index contributed by atoms with van der Waals surface area (Å²) in [7, 11) is 0. The van der Waals surface area contributed by atoms with Crippen LogP contribution in [-0.2, 0) is 13.8 Å². The first kappa shape index (κ1) is 14.3. The number of carbonyl (C=O) groups is 2. The molecule has 0 saturated carbocycles. The molecular weight excluding hydrogens is 304 g/mol. The zero-order valence-corrected chi connectivity index (χ0v) is 11.1. The number of benzene rings is 1. The summed E-state index contributed by atoms with van der Waals surface area (Å²) in [5.74, 6) is 0. The van der Waals surface area contributed by atoms with Crippen LogP contribution in [0.5, 0.6) is 0 Å². The van der Waals surface area contributed by atoms with Crippen molar-refractivity contribution in [2.45, 2.75) is 4.32 Å². The van der Waals surface area contributed by atoms with Gasteiger partial charge in [-0.1, -0.05) is 46.3 Å². The first-order valence-electron chi connectivity index (χ1n) is 5.03. The number of ether oxygens (including phenoxy) is 2. The number of hydrogen-bond acceptors (Lipinski definition) is 4. The maximum atomic E-state index is 10.7. The highest BCUT2D eigenvalue weighted by atomic mass is 79.9. The Hall–Kier alpha value is -1.76. The Kier molecular flexibility index (Phi) is 4.96. The Balaban J connectivity index is 2.86. The van der Waals surface area contributed by atoms with Crippen LogP contribution in [0.25, 0.3) is 0 Å². The van der Waals surface area contributed by atoms with Crippen LogP contribution in [0.15, 0.2) is 30.3 Å². The van der Waals surface area contributed by atoms with Gasteiger partial charge in [0.1, 0.15) is 17.5 Å². The molecular formula is C11H13BrN2O4. The average molecular weight is 317 g/mol. The van der Waals surface area contributed by atoms with Gasteiger partial charge in [0.05, 0.1) is 0 Å². The smallest absolute Gasteiger partial charge is 0.404 e. The van der Waals surface area contributed by atoms with Crippen LogP contribution < -0.4 is 11.5 Å². The minimum absolute atomic E-state index is 0.0837. The van der Waals surface area contributed by atoms with Crippen molar-refractivity contribution in [3.8, 4) is 0 Å². The summed E-state index contributed by atoms with van der Waals surface area (Å²) in [6.07, 6.45) is -1.82. The predicted molar refractivity (Wildman–Crippen MR) is 68.1 cm³/mol. The Bertz CT molecular complexity index is 406. The first-order chi connectivity index (χ1) is 8.44. The van der Waals surface area contributed by atoms with Crippen molar-refractivity contribution in [1.29, 1.82) is 0 Å². The molecule has 6 nitrogen and oxygen atoms in total. The Morgan fingerprint density at radius 1 is 1.06 bits per heavy atom. The number of primary amides is 2. The maximum absolute atomic E-state index is 10.7. The third-order valence-electron chi connectivity index (χ3n) is 2.18. The monoisotopic (exact) mass is 316 g/mol. The second-order valence-electron chi connectivity index (χ2n) is 3.55. The fourth-order valence-electron chi connectivity index (χ4n) is 1.32. The Morgan fingerprint density at radius 2 is 1.50 bits per heavy atom. The van der Waals surface area contributed by atoms with E-state index in [1.807, 2.05) is 6.07 Å². The topological polar surface area (TPSA) is 105 Å². The van der Waals surface area contributed by atoms with E-state index >= 15 is 0 Å². The fraction of sp³-hybridized carbons (Fsp3) is 0.273. The summed E-state index contributed by atoms with van der Waals surface area (Å²) >= 11 is 3.39. The standard InChI is InChI=1S/C11H13BrN2O4/c12-11(6-17-9(13)15,7-18-10(14)16)8-4-2-1-3-5-8/h1-5H,6-7H2,(H2,13,15)(H2,14,16). The molecule has 18 heavy (non-hydrogen) atoms. The van der Waals surface area contributed by atoms with E-state index in [0.717, 1.165) is 5.56 Å². The quantitative estimate of drug-likeness (QED) is 0.802. The van der Waals surface area contributed by atoms with Gasteiger partial charge < -0.3 is 20.9 Å². The van der Waals surface area contributed by atoms with Crippen molar-refractivity contribution in [1.82, 2.24) is 0 Å². The molecule has 1 aromatic rings. The fourth-order valence-corrected chi connectivity index (χ4v) is 1.81. The van der Waals surface area contributed by atoms with Gasteiger partial charge in [-0.05, 0) is 5.56 Å². The van der Waals surface area contributed by atoms with Gasteiger partial charge in [0.2, 0.25) is 0 Å². The molecule has 2 amide bonds. The van der Waals surface area contributed by atoms with E-state index in [-0.39, 0.29) is 13.2 Å². The second kappa shape index (κ2) is 6.25. The highest BCUT2D eigenvalue weighted by molar-refractivity contribution is 9.09. The number of alkyl halides is 1. The van der Waals surface area contributed by atoms with Gasteiger partial charge in [-0.2, -0.15) is 0 Å². The van der Waals surface area contributed by atoms with Gasteiger partial charge >= 0.3 is 12.2 Å². The number of nitrogens with two attached hydrogens (primary N) is 2. The molecule has 0 unspecified atom stereocenters. The second-order valence-corrected chi connectivity index (χ2v) is 5.06. The van der Waals surface area contributed by atoms with Crippen LogP contribution in [0.3, 0.4) is 0 Å². The number of halogens is 1. The summed E-state index contributed by atoms with van der Waals surface area (Å²) in [6.45, 7) is -0.167. The molecule has 98 valence electrons. The van der Waals surface area contributed by atoms with E-state index in [2.05, 4.69) is 15.9 Å². The molecule has 0 fully saturated rings. The minimum atomic E-state index is -0.908. The van der Waals surface area contributed by atoms with E-state index in [0.29, 0.717) is 0 Å². The van der Waals surface area contributed by atoms with E-state index in [1.54, 1.807) is 24.3 Å². The molecule has 1 aromatic carbocycles. The Labute approximate surface area is 112 Å². The molecule has 0 spiro atoms. The molecule has 0 atom stereocenters. The first-order valence-corrected chi connectivity index (χ1v) is 5.82. The van der Waals surface area contributed by atoms with Crippen molar-refractivity contribution in [3.05, 3.63) is 35.9 Å². The maximum Gasteiger partial charge on any atom is 0.404 e. The van der Waals surface area contributed by atoms with Crippen molar-refractivity contribution in [3.63, 3.8) is 0 Å². The molecule has 4 N–H and O–H groups in total. The summed E-state index contributed by atoms with van der Waals surface area (Å²) in [5, 5.41) is 0. The van der Waals surface area contributed by atoms with Crippen LogP contribution in [-0.4, -0.2) is 25.4 Å². The number of hydrogen-bond donors (Lipinski definition) is 2. The molecule has 7 heteroatoms. The number of carbonyl (C=O) groups excluding carboxylic acids is 2. The van der Waals surface area contributed by atoms with Crippen molar-refractivity contribution in [2.24, 2.45) is 11.5 Å². The lowest BCUT2D eigenvalue weighted by molar-refractivity contribution is 0.108. The Morgan fingerprint density at radius 3 is 1.89 bits per heavy atom. The number of amides is 2. The normalized spacial score (nSPS) is 10.7. The van der Waals surface area contributed by atoms with Gasteiger partial charge in [-0.3, -0.25) is 0 Å². The van der Waals surface area contributed by atoms with Crippen molar-refractivity contribution >= 4 is 28.1 Å².